The number of carbonyl (C=O) groups excluding carboxylic acids is 2. The van der Waals surface area contributed by atoms with E-state index in [1.165, 1.54) is 0 Å². The van der Waals surface area contributed by atoms with Crippen molar-refractivity contribution >= 4 is 18.0 Å². The Morgan fingerprint density at radius 2 is 1.79 bits per heavy atom. The van der Waals surface area contributed by atoms with E-state index in [-0.39, 0.29) is 11.9 Å². The van der Waals surface area contributed by atoms with E-state index >= 15 is 0 Å². The van der Waals surface area contributed by atoms with Gasteiger partial charge in [0, 0.05) is 32.1 Å². The molecular formula is C21H41N5O3. The maximum Gasteiger partial charge on any atom is 0.408 e. The summed E-state index contributed by atoms with van der Waals surface area (Å²) in [4.78, 5) is 30.9. The van der Waals surface area contributed by atoms with E-state index < -0.39 is 17.2 Å². The van der Waals surface area contributed by atoms with Crippen LogP contribution in [0.15, 0.2) is 4.99 Å². The number of carbonyl (C=O) groups is 2. The molecule has 0 aromatic carbocycles. The summed E-state index contributed by atoms with van der Waals surface area (Å²) in [6.07, 6.45) is 2.51. The first kappa shape index (κ1) is 25.0. The predicted molar refractivity (Wildman–Crippen MR) is 117 cm³/mol. The topological polar surface area (TPSA) is 95.1 Å². The SMILES string of the molecule is CCNC(=NCC(CC)(CC)NC(=O)OC(C)(C)C)NC1CCN(C(=O)CC)C1. The molecule has 29 heavy (non-hydrogen) atoms. The third-order valence-corrected chi connectivity index (χ3v) is 5.19. The van der Waals surface area contributed by atoms with Crippen molar-refractivity contribution in [1.82, 2.24) is 20.9 Å². The van der Waals surface area contributed by atoms with Crippen molar-refractivity contribution in [3.63, 3.8) is 0 Å². The zero-order valence-electron chi connectivity index (χ0n) is 19.4. The van der Waals surface area contributed by atoms with Gasteiger partial charge in [-0.25, -0.2) is 4.79 Å². The number of alkyl carbamates (subject to hydrolysis) is 1. The van der Waals surface area contributed by atoms with Crippen molar-refractivity contribution in [2.45, 2.75) is 91.3 Å². The van der Waals surface area contributed by atoms with E-state index in [1.807, 2.05) is 53.4 Å². The van der Waals surface area contributed by atoms with Gasteiger partial charge in [0.05, 0.1) is 12.1 Å². The molecule has 1 fully saturated rings. The number of hydrogen-bond acceptors (Lipinski definition) is 4. The van der Waals surface area contributed by atoms with Gasteiger partial charge < -0.3 is 25.6 Å². The Kier molecular flexibility index (Phi) is 9.73. The molecule has 1 heterocycles. The van der Waals surface area contributed by atoms with Crippen LogP contribution < -0.4 is 16.0 Å². The van der Waals surface area contributed by atoms with Crippen LogP contribution in [-0.4, -0.2) is 66.2 Å². The molecule has 0 aliphatic carbocycles. The van der Waals surface area contributed by atoms with Gasteiger partial charge in [-0.3, -0.25) is 9.79 Å². The second-order valence-corrected chi connectivity index (χ2v) is 8.63. The average Bonchev–Trinajstić information content (AvgIpc) is 3.11. The van der Waals surface area contributed by atoms with Crippen LogP contribution in [-0.2, 0) is 9.53 Å². The first-order valence-corrected chi connectivity index (χ1v) is 10.9. The second-order valence-electron chi connectivity index (χ2n) is 8.63. The Bertz CT molecular complexity index is 567. The summed E-state index contributed by atoms with van der Waals surface area (Å²) >= 11 is 0. The highest BCUT2D eigenvalue weighted by Gasteiger charge is 2.31. The minimum absolute atomic E-state index is 0.180. The van der Waals surface area contributed by atoms with Crippen LogP contribution in [0.25, 0.3) is 0 Å². The smallest absolute Gasteiger partial charge is 0.408 e. The van der Waals surface area contributed by atoms with Crippen molar-refractivity contribution in [3.05, 3.63) is 0 Å². The summed E-state index contributed by atoms with van der Waals surface area (Å²) in [7, 11) is 0. The summed E-state index contributed by atoms with van der Waals surface area (Å²) in [5.41, 5.74) is -1.01. The lowest BCUT2D eigenvalue weighted by Gasteiger charge is -2.33. The number of ether oxygens (including phenoxy) is 1. The number of likely N-dealkylation sites (tertiary alicyclic amines) is 1. The highest BCUT2D eigenvalue weighted by Crippen LogP contribution is 2.18. The van der Waals surface area contributed by atoms with E-state index in [9.17, 15) is 9.59 Å². The molecule has 1 aliphatic rings. The number of rotatable bonds is 8. The molecule has 1 atom stereocenters. The molecule has 0 radical (unpaired) electrons. The van der Waals surface area contributed by atoms with Gasteiger partial charge in [-0.05, 0) is 47.0 Å². The van der Waals surface area contributed by atoms with Gasteiger partial charge in [0.2, 0.25) is 5.91 Å². The fraction of sp³-hybridized carbons (Fsp3) is 0.857. The maximum absolute atomic E-state index is 12.3. The second kappa shape index (κ2) is 11.3. The van der Waals surface area contributed by atoms with Gasteiger partial charge in [0.15, 0.2) is 5.96 Å². The standard InChI is InChI=1S/C21H41N5O3/c1-8-17(27)26-13-12-16(14-26)24-18(22-11-4)23-15-21(9-2,10-3)25-19(28)29-20(5,6)7/h16H,8-15H2,1-7H3,(H,25,28)(H2,22,23,24). The molecule has 1 unspecified atom stereocenters. The van der Waals surface area contributed by atoms with Crippen LogP contribution in [0.4, 0.5) is 4.79 Å². The van der Waals surface area contributed by atoms with Crippen LogP contribution in [0, 0.1) is 0 Å². The molecule has 168 valence electrons. The first-order chi connectivity index (χ1) is 13.6. The summed E-state index contributed by atoms with van der Waals surface area (Å²) in [5.74, 6) is 0.898. The molecule has 1 aliphatic heterocycles. The van der Waals surface area contributed by atoms with Crippen LogP contribution in [0.3, 0.4) is 0 Å². The van der Waals surface area contributed by atoms with E-state index in [0.29, 0.717) is 25.5 Å². The van der Waals surface area contributed by atoms with Gasteiger partial charge in [-0.15, -0.1) is 0 Å². The molecular weight excluding hydrogens is 370 g/mol. The molecule has 0 aromatic rings. The zero-order chi connectivity index (χ0) is 22.1. The summed E-state index contributed by atoms with van der Waals surface area (Å²) in [5, 5.41) is 9.74. The number of aliphatic imine (C=N–C) groups is 1. The Hall–Kier alpha value is -1.99. The summed E-state index contributed by atoms with van der Waals surface area (Å²) in [6, 6.07) is 0.180. The van der Waals surface area contributed by atoms with E-state index in [1.54, 1.807) is 0 Å². The van der Waals surface area contributed by atoms with Gasteiger partial charge in [0.25, 0.3) is 0 Å². The van der Waals surface area contributed by atoms with Gasteiger partial charge >= 0.3 is 6.09 Å². The fourth-order valence-corrected chi connectivity index (χ4v) is 3.28. The van der Waals surface area contributed by atoms with Crippen LogP contribution >= 0.6 is 0 Å². The molecule has 0 aromatic heterocycles. The molecule has 8 heteroatoms. The van der Waals surface area contributed by atoms with Crippen LogP contribution in [0.1, 0.15) is 74.1 Å². The van der Waals surface area contributed by atoms with Crippen molar-refractivity contribution in [3.8, 4) is 0 Å². The van der Waals surface area contributed by atoms with Crippen molar-refractivity contribution in [2.24, 2.45) is 4.99 Å². The minimum atomic E-state index is -0.540. The quantitative estimate of drug-likeness (QED) is 0.422. The molecule has 0 bridgehead atoms. The number of amides is 2. The van der Waals surface area contributed by atoms with Crippen molar-refractivity contribution in [2.75, 3.05) is 26.2 Å². The Morgan fingerprint density at radius 1 is 1.14 bits per heavy atom. The van der Waals surface area contributed by atoms with E-state index in [0.717, 1.165) is 32.4 Å². The molecule has 1 saturated heterocycles. The van der Waals surface area contributed by atoms with Gasteiger partial charge in [-0.1, -0.05) is 20.8 Å². The lowest BCUT2D eigenvalue weighted by atomic mass is 9.93. The highest BCUT2D eigenvalue weighted by molar-refractivity contribution is 5.81. The minimum Gasteiger partial charge on any atom is -0.444 e. The number of hydrogen-bond donors (Lipinski definition) is 3. The molecule has 1 rings (SSSR count). The summed E-state index contributed by atoms with van der Waals surface area (Å²) in [6.45, 7) is 16.2. The summed E-state index contributed by atoms with van der Waals surface area (Å²) < 4.78 is 5.44. The van der Waals surface area contributed by atoms with Crippen LogP contribution in [0.5, 0.6) is 0 Å². The van der Waals surface area contributed by atoms with Crippen LogP contribution in [0.2, 0.25) is 0 Å². The van der Waals surface area contributed by atoms with Crippen molar-refractivity contribution in [1.29, 1.82) is 0 Å². The first-order valence-electron chi connectivity index (χ1n) is 10.9. The lowest BCUT2D eigenvalue weighted by Crippen LogP contribution is -2.52. The highest BCUT2D eigenvalue weighted by atomic mass is 16.6. The van der Waals surface area contributed by atoms with Crippen molar-refractivity contribution < 1.29 is 14.3 Å². The Labute approximate surface area is 176 Å². The fourth-order valence-electron chi connectivity index (χ4n) is 3.28. The third kappa shape index (κ3) is 8.50. The number of guanidine groups is 1. The lowest BCUT2D eigenvalue weighted by molar-refractivity contribution is -0.129. The average molecular weight is 412 g/mol. The molecule has 0 saturated carbocycles. The number of nitrogens with one attached hydrogen (secondary N) is 3. The Morgan fingerprint density at radius 3 is 2.31 bits per heavy atom. The predicted octanol–water partition coefficient (Wildman–Crippen LogP) is 2.64. The van der Waals surface area contributed by atoms with Gasteiger partial charge in [0.1, 0.15) is 5.60 Å². The molecule has 2 amide bonds. The number of nitrogens with zero attached hydrogens (tertiary/aromatic N) is 2. The third-order valence-electron chi connectivity index (χ3n) is 5.19. The molecule has 8 nitrogen and oxygen atoms in total. The normalized spacial score (nSPS) is 17.8. The largest absolute Gasteiger partial charge is 0.444 e. The zero-order valence-corrected chi connectivity index (χ0v) is 19.4. The molecule has 0 spiro atoms. The Balaban J connectivity index is 2.79. The monoisotopic (exact) mass is 411 g/mol. The van der Waals surface area contributed by atoms with Gasteiger partial charge in [-0.2, -0.15) is 0 Å². The molecule has 3 N–H and O–H groups in total. The van der Waals surface area contributed by atoms with E-state index in [2.05, 4.69) is 16.0 Å². The van der Waals surface area contributed by atoms with E-state index in [4.69, 9.17) is 9.73 Å². The maximum atomic E-state index is 12.3.